The summed E-state index contributed by atoms with van der Waals surface area (Å²) in [6.07, 6.45) is 21.4. The fourth-order valence-electron chi connectivity index (χ4n) is 3.29. The molecular formula is C24H47N2NaO4. The van der Waals surface area contributed by atoms with E-state index in [1.807, 2.05) is 0 Å². The third kappa shape index (κ3) is 25.7. The van der Waals surface area contributed by atoms with Crippen LogP contribution in [0.2, 0.25) is 0 Å². The Morgan fingerprint density at radius 1 is 0.903 bits per heavy atom. The third-order valence-corrected chi connectivity index (χ3v) is 4.97. The van der Waals surface area contributed by atoms with Gasteiger partial charge in [-0.3, -0.25) is 14.4 Å². The number of hydrogen-bond acceptors (Lipinski definition) is 4. The van der Waals surface area contributed by atoms with Crippen LogP contribution in [-0.2, 0) is 14.4 Å². The van der Waals surface area contributed by atoms with Gasteiger partial charge in [0, 0.05) is 19.5 Å². The smallest absolute Gasteiger partial charge is 1.00 e. The number of hydrogen-bond donors (Lipinski definition) is 2. The van der Waals surface area contributed by atoms with Crippen LogP contribution in [0.3, 0.4) is 0 Å². The number of nitrogens with one attached hydrogen (secondary N) is 1. The number of aliphatic carboxylic acids is 1. The van der Waals surface area contributed by atoms with Crippen molar-refractivity contribution in [1.82, 2.24) is 10.4 Å². The van der Waals surface area contributed by atoms with Gasteiger partial charge in [0.05, 0.1) is 6.61 Å². The molecule has 0 heterocycles. The number of nitrogens with zero attached hydrogens (tertiary/aromatic N) is 1. The molecule has 1 amide bonds. The molecule has 0 radical (unpaired) electrons. The van der Waals surface area contributed by atoms with Gasteiger partial charge in [-0.05, 0) is 39.0 Å². The minimum absolute atomic E-state index is 0. The van der Waals surface area contributed by atoms with E-state index in [1.165, 1.54) is 75.7 Å². The van der Waals surface area contributed by atoms with Crippen LogP contribution in [0.15, 0.2) is 12.2 Å². The summed E-state index contributed by atoms with van der Waals surface area (Å²) in [6.45, 7) is 5.07. The van der Waals surface area contributed by atoms with E-state index < -0.39 is 5.97 Å². The Balaban J connectivity index is -0.00000420. The van der Waals surface area contributed by atoms with Gasteiger partial charge in [0.15, 0.2) is 0 Å². The summed E-state index contributed by atoms with van der Waals surface area (Å²) in [4.78, 5) is 27.8. The van der Waals surface area contributed by atoms with E-state index >= 15 is 0 Å². The van der Waals surface area contributed by atoms with Crippen molar-refractivity contribution in [3.05, 3.63) is 12.2 Å². The molecule has 2 N–H and O–H groups in total. The van der Waals surface area contributed by atoms with E-state index in [0.717, 1.165) is 12.8 Å². The van der Waals surface area contributed by atoms with Gasteiger partial charge in [0.2, 0.25) is 5.91 Å². The van der Waals surface area contributed by atoms with Crippen LogP contribution < -0.4 is 34.9 Å². The zero-order valence-corrected chi connectivity index (χ0v) is 22.5. The fraction of sp³-hybridized carbons (Fsp3) is 0.833. The topological polar surface area (TPSA) is 78.9 Å². The molecule has 7 heteroatoms. The summed E-state index contributed by atoms with van der Waals surface area (Å²) in [5.41, 5.74) is 0. The number of carboxylic acids is 1. The molecule has 0 aromatic carbocycles. The maximum atomic E-state index is 11.8. The van der Waals surface area contributed by atoms with Gasteiger partial charge in [-0.2, -0.15) is 5.06 Å². The van der Waals surface area contributed by atoms with Crippen molar-refractivity contribution in [2.24, 2.45) is 0 Å². The quantitative estimate of drug-likeness (QED) is 0.115. The van der Waals surface area contributed by atoms with Gasteiger partial charge in [-0.15, -0.1) is 0 Å². The Hall–Kier alpha value is -0.400. The Kier molecular flexibility index (Phi) is 27.3. The first-order chi connectivity index (χ1) is 14.6. The minimum Gasteiger partial charge on any atom is -1.00 e. The molecule has 178 valence electrons. The number of carbonyl (C=O) groups is 2. The Morgan fingerprint density at radius 2 is 1.45 bits per heavy atom. The summed E-state index contributed by atoms with van der Waals surface area (Å²) in [6, 6.07) is 0. The molecule has 0 saturated carbocycles. The molecule has 0 spiro atoms. The molecule has 0 rings (SSSR count). The van der Waals surface area contributed by atoms with E-state index in [9.17, 15) is 9.59 Å². The van der Waals surface area contributed by atoms with Crippen molar-refractivity contribution in [2.45, 2.75) is 104 Å². The predicted octanol–water partition coefficient (Wildman–Crippen LogP) is 2.59. The van der Waals surface area contributed by atoms with Crippen LogP contribution in [0, 0.1) is 0 Å². The summed E-state index contributed by atoms with van der Waals surface area (Å²) >= 11 is 0. The van der Waals surface area contributed by atoms with Crippen LogP contribution in [0.5, 0.6) is 0 Å². The number of rotatable bonds is 22. The fourth-order valence-corrected chi connectivity index (χ4v) is 3.29. The first kappa shape index (κ1) is 32.8. The van der Waals surface area contributed by atoms with Crippen LogP contribution in [-0.4, -0.2) is 48.3 Å². The molecule has 31 heavy (non-hydrogen) atoms. The Bertz CT molecular complexity index is 454. The van der Waals surface area contributed by atoms with Crippen LogP contribution in [0.4, 0.5) is 0 Å². The van der Waals surface area contributed by atoms with Gasteiger partial charge in [-0.1, -0.05) is 70.4 Å². The van der Waals surface area contributed by atoms with Crippen molar-refractivity contribution in [3.8, 4) is 0 Å². The maximum absolute atomic E-state index is 11.8. The molecule has 0 aliphatic rings. The summed E-state index contributed by atoms with van der Waals surface area (Å²) in [5.74, 6) is -0.914. The summed E-state index contributed by atoms with van der Waals surface area (Å²) in [7, 11) is 0. The number of carbonyl (C=O) groups excluding carboxylic acids is 1. The van der Waals surface area contributed by atoms with Crippen LogP contribution >= 0.6 is 0 Å². The zero-order valence-electron chi connectivity index (χ0n) is 21.5. The standard InChI is InChI=1S/C24H46N2O4.Na.H/c1-3-5-6-7-8-9-10-11-12-13-14-15-16-17-18-19-23(27)25-20-21-26(30-4-2)22-24(28)29;;/h11-12H,3-10,13-22H2,1-2H3,(H,25,27)(H,28,29);;/q;+1;-1/b12-11-;;. The van der Waals surface area contributed by atoms with Crippen LogP contribution in [0.1, 0.15) is 105 Å². The Morgan fingerprint density at radius 3 is 2.00 bits per heavy atom. The van der Waals surface area contributed by atoms with Crippen molar-refractivity contribution in [3.63, 3.8) is 0 Å². The number of amides is 1. The summed E-state index contributed by atoms with van der Waals surface area (Å²) in [5, 5.41) is 13.0. The van der Waals surface area contributed by atoms with Gasteiger partial charge in [-0.25, -0.2) is 0 Å². The van der Waals surface area contributed by atoms with Crippen molar-refractivity contribution >= 4 is 11.9 Å². The molecule has 0 bridgehead atoms. The number of allylic oxidation sites excluding steroid dienone is 2. The predicted molar refractivity (Wildman–Crippen MR) is 124 cm³/mol. The average Bonchev–Trinajstić information content (AvgIpc) is 2.70. The molecule has 0 aliphatic carbocycles. The van der Waals surface area contributed by atoms with Crippen LogP contribution in [0.25, 0.3) is 0 Å². The monoisotopic (exact) mass is 450 g/mol. The number of unbranched alkanes of at least 4 members (excludes halogenated alkanes) is 11. The van der Waals surface area contributed by atoms with Crippen molar-refractivity contribution in [1.29, 1.82) is 0 Å². The zero-order chi connectivity index (χ0) is 22.3. The molecular weight excluding hydrogens is 403 g/mol. The van der Waals surface area contributed by atoms with E-state index in [1.54, 1.807) is 6.92 Å². The third-order valence-electron chi connectivity index (χ3n) is 4.97. The van der Waals surface area contributed by atoms with E-state index in [4.69, 9.17) is 9.94 Å². The SMILES string of the molecule is CCCCCCCC/C=C\CCCCCCCC(=O)NCCN(CC(=O)O)OCC.[H-].[Na+]. The molecule has 6 nitrogen and oxygen atoms in total. The van der Waals surface area contributed by atoms with Crippen molar-refractivity contribution < 1.29 is 50.5 Å². The Labute approximate surface area is 214 Å². The molecule has 0 fully saturated rings. The van der Waals surface area contributed by atoms with Gasteiger partial charge in [0.25, 0.3) is 0 Å². The summed E-state index contributed by atoms with van der Waals surface area (Å²) < 4.78 is 0. The van der Waals surface area contributed by atoms with Gasteiger partial charge >= 0.3 is 35.5 Å². The van der Waals surface area contributed by atoms with E-state index in [0.29, 0.717) is 26.1 Å². The molecule has 0 saturated heterocycles. The van der Waals surface area contributed by atoms with Crippen molar-refractivity contribution in [2.75, 3.05) is 26.2 Å². The maximum Gasteiger partial charge on any atom is 1.00 e. The molecule has 0 aromatic heterocycles. The number of carboxylic acid groups (broad SMARTS) is 1. The number of hydroxylamine groups is 2. The second kappa shape index (κ2) is 25.9. The first-order valence-corrected chi connectivity index (χ1v) is 12.1. The average molecular weight is 451 g/mol. The van der Waals surface area contributed by atoms with Gasteiger partial charge < -0.3 is 11.8 Å². The molecule has 0 unspecified atom stereocenters. The molecule has 0 atom stereocenters. The minimum atomic E-state index is -0.942. The second-order valence-corrected chi connectivity index (χ2v) is 7.86. The molecule has 0 aromatic rings. The van der Waals surface area contributed by atoms with E-state index in [2.05, 4.69) is 24.4 Å². The second-order valence-electron chi connectivity index (χ2n) is 7.86. The van der Waals surface area contributed by atoms with E-state index in [-0.39, 0.29) is 43.4 Å². The first-order valence-electron chi connectivity index (χ1n) is 12.1. The van der Waals surface area contributed by atoms with Gasteiger partial charge in [0.1, 0.15) is 6.54 Å². The molecule has 0 aliphatic heterocycles. The largest absolute Gasteiger partial charge is 1.00 e. The normalized spacial score (nSPS) is 11.1.